The van der Waals surface area contributed by atoms with Crippen LogP contribution in [0.3, 0.4) is 0 Å². The molecule has 0 bridgehead atoms. The summed E-state index contributed by atoms with van der Waals surface area (Å²) in [5.41, 5.74) is 6.46. The third-order valence-electron chi connectivity index (χ3n) is 4.35. The van der Waals surface area contributed by atoms with Gasteiger partial charge in [-0.05, 0) is 30.7 Å². The van der Waals surface area contributed by atoms with Crippen LogP contribution in [0.25, 0.3) is 12.6 Å². The Morgan fingerprint density at radius 1 is 1.22 bits per heavy atom. The number of nitrogen functional groups attached to an aromatic ring is 1. The molecule has 3 rings (SSSR count). The van der Waals surface area contributed by atoms with Gasteiger partial charge < -0.3 is 26.6 Å². The number of aliphatic carboxylic acids is 2. The molecule has 2 aromatic heterocycles. The number of carboxylic acid groups (broad SMARTS) is 2. The number of hydrogen-bond donors (Lipinski definition) is 6. The SMILES string of the molecule is [2H]OC(=O)CC[C@H](NC(=O)c1ccc(NCc2cnc3nc(N)[nH]c(=O)c3n2)cc1)C(=O)O. The standard InChI is InChI=1S/C19H19N7O6/c20-19-25-15-14(17(30)26-19)23-11(8-22-15)7-21-10-3-1-9(2-4-10)16(29)24-12(18(31)32)5-6-13(27)28/h1-4,8,12,21H,5-7H2,(H,24,29)(H,27,28)(H,31,32)(H3,20,22,25,26,30)/t12-/m0/s1/i/hD. The summed E-state index contributed by atoms with van der Waals surface area (Å²) in [6, 6.07) is 4.86. The van der Waals surface area contributed by atoms with Crippen LogP contribution in [-0.2, 0) is 16.1 Å². The molecule has 0 saturated carbocycles. The molecule has 7 N–H and O–H groups in total. The van der Waals surface area contributed by atoms with Gasteiger partial charge >= 0.3 is 11.9 Å². The summed E-state index contributed by atoms with van der Waals surface area (Å²) in [7, 11) is 0. The number of carbonyl (C=O) groups is 3. The van der Waals surface area contributed by atoms with E-state index in [0.29, 0.717) is 11.4 Å². The monoisotopic (exact) mass is 442 g/mol. The number of carboxylic acids is 2. The Morgan fingerprint density at radius 2 is 1.97 bits per heavy atom. The molecule has 0 saturated heterocycles. The summed E-state index contributed by atoms with van der Waals surface area (Å²) in [5.74, 6) is -2.90. The molecule has 1 atom stereocenters. The minimum absolute atomic E-state index is 0.0539. The van der Waals surface area contributed by atoms with E-state index in [1.54, 1.807) is 12.1 Å². The summed E-state index contributed by atoms with van der Waals surface area (Å²) >= 11 is 0. The largest absolute Gasteiger partial charge is 0.481 e. The second kappa shape index (κ2) is 9.51. The normalized spacial score (nSPS) is 11.9. The van der Waals surface area contributed by atoms with E-state index in [9.17, 15) is 24.3 Å². The predicted octanol–water partition coefficient (Wildman–Crippen LogP) is -0.0448. The molecule has 1 aromatic carbocycles. The molecule has 2 heterocycles. The number of nitrogens with one attached hydrogen (secondary N) is 3. The molecule has 13 nitrogen and oxygen atoms in total. The fourth-order valence-electron chi connectivity index (χ4n) is 2.75. The molecule has 0 radical (unpaired) electrons. The van der Waals surface area contributed by atoms with Crippen molar-refractivity contribution in [1.29, 1.82) is 1.43 Å². The summed E-state index contributed by atoms with van der Waals surface area (Å²) < 4.78 is 6.48. The number of nitrogens with two attached hydrogens (primary N) is 1. The van der Waals surface area contributed by atoms with Crippen molar-refractivity contribution in [2.24, 2.45) is 0 Å². The molecular weight excluding hydrogens is 422 g/mol. The number of hydrogen-bond acceptors (Lipinski definition) is 10. The van der Waals surface area contributed by atoms with E-state index in [0.717, 1.165) is 0 Å². The lowest BCUT2D eigenvalue weighted by molar-refractivity contribution is -0.140. The van der Waals surface area contributed by atoms with Crippen LogP contribution in [0.5, 0.6) is 0 Å². The van der Waals surface area contributed by atoms with E-state index in [1.165, 1.54) is 18.3 Å². The molecule has 166 valence electrons. The lowest BCUT2D eigenvalue weighted by Gasteiger charge is -2.14. The van der Waals surface area contributed by atoms with Gasteiger partial charge in [0.15, 0.2) is 11.2 Å². The highest BCUT2D eigenvalue weighted by molar-refractivity contribution is 5.96. The van der Waals surface area contributed by atoms with Crippen LogP contribution in [0.15, 0.2) is 35.3 Å². The Hall–Kier alpha value is -4.55. The first-order valence-electron chi connectivity index (χ1n) is 9.72. The fraction of sp³-hybridized carbons (Fsp3) is 0.211. The average Bonchev–Trinajstić information content (AvgIpc) is 2.80. The average molecular weight is 442 g/mol. The van der Waals surface area contributed by atoms with Gasteiger partial charge in [-0.2, -0.15) is 4.98 Å². The van der Waals surface area contributed by atoms with Crippen molar-refractivity contribution in [2.75, 3.05) is 11.1 Å². The smallest absolute Gasteiger partial charge is 0.326 e. The van der Waals surface area contributed by atoms with E-state index in [-0.39, 0.29) is 42.1 Å². The summed E-state index contributed by atoms with van der Waals surface area (Å²) in [6.07, 6.45) is 0.915. The lowest BCUT2D eigenvalue weighted by atomic mass is 10.1. The molecule has 1 amide bonds. The first-order chi connectivity index (χ1) is 15.8. The quantitative estimate of drug-likeness (QED) is 0.258. The first kappa shape index (κ1) is 20.7. The van der Waals surface area contributed by atoms with Crippen molar-refractivity contribution in [3.63, 3.8) is 0 Å². The Morgan fingerprint density at radius 3 is 2.66 bits per heavy atom. The number of rotatable bonds is 9. The number of amides is 1. The van der Waals surface area contributed by atoms with Crippen molar-refractivity contribution < 1.29 is 24.6 Å². The zero-order valence-electron chi connectivity index (χ0n) is 17.5. The number of carbonyl (C=O) groups excluding carboxylic acids is 1. The zero-order valence-corrected chi connectivity index (χ0v) is 16.5. The van der Waals surface area contributed by atoms with Crippen LogP contribution in [0.2, 0.25) is 0 Å². The maximum Gasteiger partial charge on any atom is 0.326 e. The third-order valence-corrected chi connectivity index (χ3v) is 4.35. The summed E-state index contributed by atoms with van der Waals surface area (Å²) in [6.45, 7) is 0.228. The Kier molecular flexibility index (Phi) is 6.15. The van der Waals surface area contributed by atoms with Gasteiger partial charge in [-0.1, -0.05) is 0 Å². The van der Waals surface area contributed by atoms with Gasteiger partial charge in [-0.15, -0.1) is 0 Å². The topological polar surface area (TPSA) is 213 Å². The fourth-order valence-corrected chi connectivity index (χ4v) is 2.75. The Bertz CT molecular complexity index is 1250. The van der Waals surface area contributed by atoms with Gasteiger partial charge in [0.25, 0.3) is 12.9 Å². The molecular formula is C19H19N7O6. The molecule has 32 heavy (non-hydrogen) atoms. The minimum Gasteiger partial charge on any atom is -0.481 e. The highest BCUT2D eigenvalue weighted by atomic mass is 16.4. The zero-order chi connectivity index (χ0) is 24.0. The van der Waals surface area contributed by atoms with Crippen molar-refractivity contribution >= 4 is 40.6 Å². The molecule has 0 spiro atoms. The van der Waals surface area contributed by atoms with Gasteiger partial charge in [0.2, 0.25) is 5.95 Å². The van der Waals surface area contributed by atoms with Crippen LogP contribution in [-0.4, -0.2) is 54.0 Å². The van der Waals surface area contributed by atoms with Crippen LogP contribution >= 0.6 is 0 Å². The first-order valence-corrected chi connectivity index (χ1v) is 9.32. The number of fused-ring (bicyclic) bond motifs is 1. The van der Waals surface area contributed by atoms with E-state index >= 15 is 0 Å². The molecule has 3 aromatic rings. The van der Waals surface area contributed by atoms with Crippen LogP contribution in [0.4, 0.5) is 11.6 Å². The maximum atomic E-state index is 12.3. The van der Waals surface area contributed by atoms with E-state index in [1.807, 2.05) is 0 Å². The van der Waals surface area contributed by atoms with Crippen molar-refractivity contribution in [2.45, 2.75) is 25.4 Å². The van der Waals surface area contributed by atoms with Crippen molar-refractivity contribution in [3.05, 3.63) is 52.1 Å². The summed E-state index contributed by atoms with van der Waals surface area (Å²) in [4.78, 5) is 61.1. The predicted molar refractivity (Wildman–Crippen MR) is 112 cm³/mol. The van der Waals surface area contributed by atoms with Crippen LogP contribution in [0, 0.1) is 0 Å². The second-order valence-corrected chi connectivity index (χ2v) is 6.69. The van der Waals surface area contributed by atoms with Gasteiger partial charge in [0, 0.05) is 17.7 Å². The Balaban J connectivity index is 1.61. The van der Waals surface area contributed by atoms with Gasteiger partial charge in [-0.25, -0.2) is 14.8 Å². The number of nitrogens with zero attached hydrogens (tertiary/aromatic N) is 3. The van der Waals surface area contributed by atoms with Crippen molar-refractivity contribution in [3.8, 4) is 0 Å². The molecule has 0 fully saturated rings. The van der Waals surface area contributed by atoms with Gasteiger partial charge in [0.1, 0.15) is 6.04 Å². The molecule has 13 heteroatoms. The second-order valence-electron chi connectivity index (χ2n) is 6.69. The molecule has 0 aliphatic rings. The van der Waals surface area contributed by atoms with Crippen molar-refractivity contribution in [1.82, 2.24) is 25.3 Å². The van der Waals surface area contributed by atoms with E-state index in [2.05, 4.69) is 35.7 Å². The minimum atomic E-state index is -1.31. The molecule has 0 aliphatic heterocycles. The number of benzene rings is 1. The summed E-state index contributed by atoms with van der Waals surface area (Å²) in [5, 5.41) is 18.3. The maximum absolute atomic E-state index is 12.3. The van der Waals surface area contributed by atoms with E-state index < -0.39 is 29.4 Å². The number of aromatic nitrogens is 4. The Labute approximate surface area is 181 Å². The number of anilines is 2. The van der Waals surface area contributed by atoms with Gasteiger partial charge in [0.05, 0.1) is 18.4 Å². The van der Waals surface area contributed by atoms with Gasteiger partial charge in [-0.3, -0.25) is 19.4 Å². The van der Waals surface area contributed by atoms with E-state index in [4.69, 9.17) is 7.16 Å². The number of H-pyrrole nitrogens is 1. The molecule has 0 aliphatic carbocycles. The van der Waals surface area contributed by atoms with Crippen LogP contribution < -0.4 is 21.9 Å². The third kappa shape index (κ3) is 5.53. The highest BCUT2D eigenvalue weighted by Gasteiger charge is 2.21. The van der Waals surface area contributed by atoms with Crippen LogP contribution in [0.1, 0.15) is 28.9 Å². The molecule has 0 unspecified atom stereocenters. The highest BCUT2D eigenvalue weighted by Crippen LogP contribution is 2.12. The number of aromatic amines is 1. The lowest BCUT2D eigenvalue weighted by Crippen LogP contribution is -2.41.